The van der Waals surface area contributed by atoms with Crippen LogP contribution in [0.25, 0.3) is 11.0 Å². The Balaban J connectivity index is 2.70. The largest absolute Gasteiger partial charge is 0.455 e. The molecule has 0 spiro atoms. The van der Waals surface area contributed by atoms with Crippen LogP contribution in [0, 0.1) is 5.82 Å². The number of furan rings is 1. The van der Waals surface area contributed by atoms with E-state index in [1.807, 2.05) is 0 Å². The molecule has 1 aromatic heterocycles. The second-order valence-corrected chi connectivity index (χ2v) is 4.05. The monoisotopic (exact) mass is 258 g/mol. The average molecular weight is 259 g/mol. The molecule has 0 bridgehead atoms. The van der Waals surface area contributed by atoms with E-state index in [1.54, 1.807) is 19.1 Å². The summed E-state index contributed by atoms with van der Waals surface area (Å²) in [5.74, 6) is -0.0572. The van der Waals surface area contributed by atoms with Gasteiger partial charge >= 0.3 is 0 Å². The van der Waals surface area contributed by atoms with Gasteiger partial charge in [0.05, 0.1) is 0 Å². The van der Waals surface area contributed by atoms with Gasteiger partial charge in [0.15, 0.2) is 11.4 Å². The molecule has 2 aromatic rings. The third-order valence-electron chi connectivity index (χ3n) is 1.97. The van der Waals surface area contributed by atoms with Crippen LogP contribution in [0.5, 0.6) is 0 Å². The summed E-state index contributed by atoms with van der Waals surface area (Å²) in [7, 11) is 0. The number of rotatable bonds is 1. The van der Waals surface area contributed by atoms with E-state index in [2.05, 4.69) is 15.9 Å². The normalized spacial score (nSPS) is 13.4. The lowest BCUT2D eigenvalue weighted by molar-refractivity contribution is 0.172. The standard InChI is InChI=1S/C10H8BrFO2/c1-5(13)9-3-6-2-7(11)4-8(12)10(6)14-9/h2-5,13H,1H3. The van der Waals surface area contributed by atoms with Gasteiger partial charge in [-0.2, -0.15) is 0 Å². The minimum absolute atomic E-state index is 0.184. The SMILES string of the molecule is CC(O)c1cc2cc(Br)cc(F)c2o1. The first-order valence-corrected chi connectivity index (χ1v) is 4.94. The Kier molecular flexibility index (Phi) is 2.33. The second kappa shape index (κ2) is 3.37. The molecular weight excluding hydrogens is 251 g/mol. The number of hydrogen-bond acceptors (Lipinski definition) is 2. The number of fused-ring (bicyclic) bond motifs is 1. The summed E-state index contributed by atoms with van der Waals surface area (Å²) in [5, 5.41) is 9.90. The van der Waals surface area contributed by atoms with Gasteiger partial charge in [0.25, 0.3) is 0 Å². The number of halogens is 2. The molecule has 0 aliphatic rings. The molecule has 1 atom stereocenters. The molecule has 4 heteroatoms. The molecule has 0 amide bonds. The molecule has 0 aliphatic heterocycles. The van der Waals surface area contributed by atoms with Crippen molar-refractivity contribution in [2.24, 2.45) is 0 Å². The number of hydrogen-bond donors (Lipinski definition) is 1. The van der Waals surface area contributed by atoms with Gasteiger partial charge in [-0.1, -0.05) is 15.9 Å². The molecule has 1 aromatic carbocycles. The van der Waals surface area contributed by atoms with Crippen LogP contribution in [0.4, 0.5) is 4.39 Å². The molecule has 1 heterocycles. The molecule has 1 N–H and O–H groups in total. The van der Waals surface area contributed by atoms with E-state index >= 15 is 0 Å². The highest BCUT2D eigenvalue weighted by Crippen LogP contribution is 2.28. The Morgan fingerprint density at radius 1 is 1.43 bits per heavy atom. The van der Waals surface area contributed by atoms with Crippen LogP contribution in [-0.4, -0.2) is 5.11 Å². The Bertz CT molecular complexity index is 476. The smallest absolute Gasteiger partial charge is 0.170 e. The van der Waals surface area contributed by atoms with Crippen molar-refractivity contribution in [3.05, 3.63) is 34.2 Å². The number of aliphatic hydroxyl groups excluding tert-OH is 1. The fraction of sp³-hybridized carbons (Fsp3) is 0.200. The van der Waals surface area contributed by atoms with Crippen LogP contribution >= 0.6 is 15.9 Å². The molecule has 0 radical (unpaired) electrons. The maximum absolute atomic E-state index is 13.3. The first-order chi connectivity index (χ1) is 6.58. The molecule has 14 heavy (non-hydrogen) atoms. The Morgan fingerprint density at radius 3 is 2.79 bits per heavy atom. The van der Waals surface area contributed by atoms with Crippen LogP contribution in [0.1, 0.15) is 18.8 Å². The van der Waals surface area contributed by atoms with Crippen LogP contribution < -0.4 is 0 Å². The Hall–Kier alpha value is -0.870. The quantitative estimate of drug-likeness (QED) is 0.851. The summed E-state index contributed by atoms with van der Waals surface area (Å²) >= 11 is 3.19. The summed E-state index contributed by atoms with van der Waals surface area (Å²) in [6.07, 6.45) is -0.722. The van der Waals surface area contributed by atoms with Gasteiger partial charge in [0.2, 0.25) is 0 Å². The third kappa shape index (κ3) is 1.55. The fourth-order valence-corrected chi connectivity index (χ4v) is 1.75. The van der Waals surface area contributed by atoms with E-state index in [9.17, 15) is 9.50 Å². The molecule has 2 rings (SSSR count). The van der Waals surface area contributed by atoms with Crippen molar-refractivity contribution in [3.8, 4) is 0 Å². The van der Waals surface area contributed by atoms with Crippen molar-refractivity contribution in [1.29, 1.82) is 0 Å². The molecule has 2 nitrogen and oxygen atoms in total. The first-order valence-electron chi connectivity index (χ1n) is 4.14. The van der Waals surface area contributed by atoms with E-state index < -0.39 is 11.9 Å². The van der Waals surface area contributed by atoms with E-state index in [-0.39, 0.29) is 5.58 Å². The van der Waals surface area contributed by atoms with Gasteiger partial charge in [0.1, 0.15) is 11.9 Å². The van der Waals surface area contributed by atoms with Crippen LogP contribution in [0.3, 0.4) is 0 Å². The van der Waals surface area contributed by atoms with Gasteiger partial charge < -0.3 is 9.52 Å². The number of aliphatic hydroxyl groups is 1. The zero-order chi connectivity index (χ0) is 10.3. The lowest BCUT2D eigenvalue weighted by atomic mass is 10.2. The maximum Gasteiger partial charge on any atom is 0.170 e. The minimum Gasteiger partial charge on any atom is -0.455 e. The summed E-state index contributed by atoms with van der Waals surface area (Å²) in [4.78, 5) is 0. The van der Waals surface area contributed by atoms with E-state index in [0.717, 1.165) is 0 Å². The van der Waals surface area contributed by atoms with Gasteiger partial charge in [-0.15, -0.1) is 0 Å². The van der Waals surface area contributed by atoms with Gasteiger partial charge in [-0.25, -0.2) is 4.39 Å². The molecule has 1 unspecified atom stereocenters. The molecule has 74 valence electrons. The average Bonchev–Trinajstić information content (AvgIpc) is 2.47. The molecular formula is C10H8BrFO2. The van der Waals surface area contributed by atoms with Crippen LogP contribution in [-0.2, 0) is 0 Å². The summed E-state index contributed by atoms with van der Waals surface area (Å²) in [5.41, 5.74) is 0.184. The van der Waals surface area contributed by atoms with Gasteiger partial charge in [-0.05, 0) is 25.1 Å². The van der Waals surface area contributed by atoms with Gasteiger partial charge in [-0.3, -0.25) is 0 Å². The lowest BCUT2D eigenvalue weighted by Gasteiger charge is -1.95. The predicted molar refractivity (Wildman–Crippen MR) is 54.5 cm³/mol. The van der Waals surface area contributed by atoms with Crippen LogP contribution in [0.2, 0.25) is 0 Å². The highest BCUT2D eigenvalue weighted by atomic mass is 79.9. The van der Waals surface area contributed by atoms with E-state index in [1.165, 1.54) is 6.07 Å². The van der Waals surface area contributed by atoms with Crippen molar-refractivity contribution in [1.82, 2.24) is 0 Å². The van der Waals surface area contributed by atoms with Crippen molar-refractivity contribution in [3.63, 3.8) is 0 Å². The lowest BCUT2D eigenvalue weighted by Crippen LogP contribution is -1.85. The summed E-state index contributed by atoms with van der Waals surface area (Å²) < 4.78 is 19.1. The molecule has 0 saturated heterocycles. The fourth-order valence-electron chi connectivity index (χ4n) is 1.30. The highest BCUT2D eigenvalue weighted by molar-refractivity contribution is 9.10. The minimum atomic E-state index is -0.722. The summed E-state index contributed by atoms with van der Waals surface area (Å²) in [6, 6.07) is 4.71. The van der Waals surface area contributed by atoms with Crippen molar-refractivity contribution >= 4 is 26.9 Å². The third-order valence-corrected chi connectivity index (χ3v) is 2.42. The first kappa shape index (κ1) is 9.68. The zero-order valence-corrected chi connectivity index (χ0v) is 9.01. The van der Waals surface area contributed by atoms with Crippen molar-refractivity contribution < 1.29 is 13.9 Å². The Labute approximate surface area is 88.5 Å². The van der Waals surface area contributed by atoms with Crippen LogP contribution in [0.15, 0.2) is 27.1 Å². The molecule has 0 aliphatic carbocycles. The van der Waals surface area contributed by atoms with Crippen molar-refractivity contribution in [2.75, 3.05) is 0 Å². The Morgan fingerprint density at radius 2 is 2.14 bits per heavy atom. The zero-order valence-electron chi connectivity index (χ0n) is 7.42. The number of benzene rings is 1. The van der Waals surface area contributed by atoms with Crippen molar-refractivity contribution in [2.45, 2.75) is 13.0 Å². The maximum atomic E-state index is 13.3. The molecule has 0 saturated carbocycles. The second-order valence-electron chi connectivity index (χ2n) is 3.13. The van der Waals surface area contributed by atoms with Gasteiger partial charge in [0, 0.05) is 9.86 Å². The van der Waals surface area contributed by atoms with E-state index in [4.69, 9.17) is 4.42 Å². The summed E-state index contributed by atoms with van der Waals surface area (Å²) in [6.45, 7) is 1.57. The van der Waals surface area contributed by atoms with E-state index in [0.29, 0.717) is 15.6 Å². The molecule has 0 fully saturated rings. The highest BCUT2D eigenvalue weighted by Gasteiger charge is 2.12. The predicted octanol–water partition coefficient (Wildman–Crippen LogP) is 3.39. The topological polar surface area (TPSA) is 33.4 Å².